The van der Waals surface area contributed by atoms with Crippen LogP contribution >= 0.6 is 0 Å². The Morgan fingerprint density at radius 2 is 1.84 bits per heavy atom. The van der Waals surface area contributed by atoms with E-state index < -0.39 is 11.9 Å². The molecule has 0 fully saturated rings. The minimum atomic E-state index is -0.415. The van der Waals surface area contributed by atoms with Crippen molar-refractivity contribution in [3.8, 4) is 17.0 Å². The van der Waals surface area contributed by atoms with Gasteiger partial charge < -0.3 is 9.47 Å². The summed E-state index contributed by atoms with van der Waals surface area (Å²) in [7, 11) is 1.33. The van der Waals surface area contributed by atoms with Crippen LogP contribution in [0.25, 0.3) is 11.3 Å². The van der Waals surface area contributed by atoms with Crippen molar-refractivity contribution in [2.75, 3.05) is 13.7 Å². The topological polar surface area (TPSA) is 106 Å². The lowest BCUT2D eigenvalue weighted by molar-refractivity contribution is 0.0600. The molecule has 3 aromatic rings. The third kappa shape index (κ3) is 6.28. The zero-order valence-corrected chi connectivity index (χ0v) is 18.1. The van der Waals surface area contributed by atoms with Gasteiger partial charge in [0.15, 0.2) is 0 Å². The fraction of sp³-hybridized carbons (Fsp3) is 0.250. The van der Waals surface area contributed by atoms with E-state index in [4.69, 9.17) is 4.74 Å². The van der Waals surface area contributed by atoms with Gasteiger partial charge in [0.25, 0.3) is 5.91 Å². The number of H-pyrrole nitrogens is 1. The number of hydrazone groups is 1. The van der Waals surface area contributed by atoms with E-state index in [0.29, 0.717) is 17.9 Å². The van der Waals surface area contributed by atoms with Crippen molar-refractivity contribution >= 4 is 18.1 Å². The highest BCUT2D eigenvalue weighted by Crippen LogP contribution is 2.21. The summed E-state index contributed by atoms with van der Waals surface area (Å²) in [6.07, 6.45) is 4.83. The molecule has 8 nitrogen and oxygen atoms in total. The van der Waals surface area contributed by atoms with Crippen LogP contribution in [0, 0.1) is 0 Å². The maximum atomic E-state index is 12.3. The Balaban J connectivity index is 1.54. The van der Waals surface area contributed by atoms with E-state index in [9.17, 15) is 9.59 Å². The van der Waals surface area contributed by atoms with Crippen LogP contribution in [0.4, 0.5) is 0 Å². The molecule has 0 bridgehead atoms. The van der Waals surface area contributed by atoms with Crippen molar-refractivity contribution in [2.45, 2.75) is 26.2 Å². The van der Waals surface area contributed by atoms with Crippen LogP contribution < -0.4 is 10.2 Å². The standard InChI is InChI=1S/C24H26N4O4/c1-3-4-5-14-32-20-12-10-18(11-13-20)21-15-22(27-26-21)23(29)28-25-16-17-6-8-19(9-7-17)24(30)31-2/h6-13,15-16H,3-5,14H2,1-2H3,(H,26,27)(H,28,29)/b25-16-. The molecule has 1 heterocycles. The van der Waals surface area contributed by atoms with Crippen LogP contribution in [-0.2, 0) is 4.74 Å². The number of nitrogens with one attached hydrogen (secondary N) is 2. The normalized spacial score (nSPS) is 10.8. The molecule has 0 atom stereocenters. The highest BCUT2D eigenvalue weighted by Gasteiger charge is 2.10. The van der Waals surface area contributed by atoms with Crippen LogP contribution in [-0.4, -0.2) is 42.0 Å². The fourth-order valence-corrected chi connectivity index (χ4v) is 2.90. The van der Waals surface area contributed by atoms with E-state index in [-0.39, 0.29) is 5.69 Å². The molecular weight excluding hydrogens is 408 g/mol. The van der Waals surface area contributed by atoms with Crippen molar-refractivity contribution < 1.29 is 19.1 Å². The molecule has 0 radical (unpaired) electrons. The second-order valence-corrected chi connectivity index (χ2v) is 7.06. The van der Waals surface area contributed by atoms with Gasteiger partial charge in [0.05, 0.1) is 31.2 Å². The summed E-state index contributed by atoms with van der Waals surface area (Å²) in [5.41, 5.74) is 5.42. The number of ether oxygens (including phenoxy) is 2. The van der Waals surface area contributed by atoms with Gasteiger partial charge in [-0.05, 0) is 54.4 Å². The van der Waals surface area contributed by atoms with Crippen molar-refractivity contribution in [3.63, 3.8) is 0 Å². The Morgan fingerprint density at radius 1 is 1.09 bits per heavy atom. The van der Waals surface area contributed by atoms with Crippen molar-refractivity contribution in [1.82, 2.24) is 15.6 Å². The Morgan fingerprint density at radius 3 is 2.53 bits per heavy atom. The first-order valence-corrected chi connectivity index (χ1v) is 10.4. The second kappa shape index (κ2) is 11.5. The van der Waals surface area contributed by atoms with Crippen molar-refractivity contribution in [1.29, 1.82) is 0 Å². The van der Waals surface area contributed by atoms with E-state index in [1.54, 1.807) is 30.3 Å². The van der Waals surface area contributed by atoms with Gasteiger partial charge in [-0.3, -0.25) is 9.89 Å². The lowest BCUT2D eigenvalue weighted by Gasteiger charge is -2.06. The number of unbranched alkanes of at least 4 members (excludes halogenated alkanes) is 2. The number of hydrogen-bond donors (Lipinski definition) is 2. The lowest BCUT2D eigenvalue weighted by atomic mass is 10.1. The van der Waals surface area contributed by atoms with Gasteiger partial charge >= 0.3 is 5.97 Å². The third-order valence-corrected chi connectivity index (χ3v) is 4.70. The van der Waals surface area contributed by atoms with Gasteiger partial charge in [0.1, 0.15) is 11.4 Å². The van der Waals surface area contributed by atoms with E-state index >= 15 is 0 Å². The highest BCUT2D eigenvalue weighted by molar-refractivity contribution is 5.94. The minimum absolute atomic E-state index is 0.290. The summed E-state index contributed by atoms with van der Waals surface area (Å²) >= 11 is 0. The van der Waals surface area contributed by atoms with Crippen molar-refractivity contribution in [2.24, 2.45) is 5.10 Å². The predicted molar refractivity (Wildman–Crippen MR) is 122 cm³/mol. The molecule has 0 aliphatic carbocycles. The Bertz CT molecular complexity index is 1060. The number of esters is 1. The van der Waals surface area contributed by atoms with Crippen LogP contribution in [0.5, 0.6) is 5.75 Å². The van der Waals surface area contributed by atoms with Gasteiger partial charge in [-0.1, -0.05) is 31.9 Å². The number of aromatic amines is 1. The first kappa shape index (κ1) is 22.7. The number of amides is 1. The number of nitrogens with zero attached hydrogens (tertiary/aromatic N) is 2. The molecule has 1 aromatic heterocycles. The molecule has 2 aromatic carbocycles. The Kier molecular flexibility index (Phi) is 8.14. The Hall–Kier alpha value is -3.94. The summed E-state index contributed by atoms with van der Waals surface area (Å²) < 4.78 is 10.4. The monoisotopic (exact) mass is 434 g/mol. The van der Waals surface area contributed by atoms with Crippen LogP contribution in [0.1, 0.15) is 52.6 Å². The fourth-order valence-electron chi connectivity index (χ4n) is 2.90. The second-order valence-electron chi connectivity index (χ2n) is 7.06. The molecule has 0 unspecified atom stereocenters. The van der Waals surface area contributed by atoms with Crippen molar-refractivity contribution in [3.05, 3.63) is 71.4 Å². The quantitative estimate of drug-likeness (QED) is 0.215. The molecule has 2 N–H and O–H groups in total. The van der Waals surface area contributed by atoms with Crippen LogP contribution in [0.3, 0.4) is 0 Å². The molecule has 166 valence electrons. The van der Waals surface area contributed by atoms with E-state index in [2.05, 4.69) is 32.4 Å². The number of carbonyl (C=O) groups is 2. The molecule has 3 rings (SSSR count). The first-order chi connectivity index (χ1) is 15.6. The number of benzene rings is 2. The molecule has 32 heavy (non-hydrogen) atoms. The molecule has 1 amide bonds. The number of methoxy groups -OCH3 is 1. The van der Waals surface area contributed by atoms with Gasteiger partial charge in [0.2, 0.25) is 0 Å². The molecule has 0 saturated carbocycles. The smallest absolute Gasteiger partial charge is 0.337 e. The van der Waals surface area contributed by atoms with Crippen LogP contribution in [0.2, 0.25) is 0 Å². The maximum absolute atomic E-state index is 12.3. The molecular formula is C24H26N4O4. The average molecular weight is 434 g/mol. The largest absolute Gasteiger partial charge is 0.494 e. The minimum Gasteiger partial charge on any atom is -0.494 e. The predicted octanol–water partition coefficient (Wildman–Crippen LogP) is 4.20. The van der Waals surface area contributed by atoms with Gasteiger partial charge in [-0.2, -0.15) is 10.2 Å². The van der Waals surface area contributed by atoms with Gasteiger partial charge in [0, 0.05) is 5.56 Å². The van der Waals surface area contributed by atoms with Crippen LogP contribution in [0.15, 0.2) is 59.7 Å². The molecule has 0 aliphatic heterocycles. The summed E-state index contributed by atoms with van der Waals surface area (Å²) in [6.45, 7) is 2.86. The third-order valence-electron chi connectivity index (χ3n) is 4.70. The Labute approximate surface area is 186 Å². The SMILES string of the molecule is CCCCCOc1ccc(-c2cc(C(=O)N/N=C\c3ccc(C(=O)OC)cc3)[nH]n2)cc1. The highest BCUT2D eigenvalue weighted by atomic mass is 16.5. The van der Waals surface area contributed by atoms with Gasteiger partial charge in [-0.15, -0.1) is 0 Å². The molecule has 0 aliphatic rings. The number of carbonyl (C=O) groups excluding carboxylic acids is 2. The summed E-state index contributed by atoms with van der Waals surface area (Å²) in [5.74, 6) is -0.0136. The summed E-state index contributed by atoms with van der Waals surface area (Å²) in [6, 6.07) is 15.9. The zero-order valence-electron chi connectivity index (χ0n) is 18.1. The van der Waals surface area contributed by atoms with E-state index in [0.717, 1.165) is 36.1 Å². The number of rotatable bonds is 10. The maximum Gasteiger partial charge on any atom is 0.337 e. The molecule has 0 saturated heterocycles. The van der Waals surface area contributed by atoms with E-state index in [1.807, 2.05) is 24.3 Å². The number of aromatic nitrogens is 2. The number of hydrogen-bond acceptors (Lipinski definition) is 6. The first-order valence-electron chi connectivity index (χ1n) is 10.4. The summed E-state index contributed by atoms with van der Waals surface area (Å²) in [5, 5.41) is 10.9. The molecule has 8 heteroatoms. The lowest BCUT2D eigenvalue weighted by Crippen LogP contribution is -2.18. The average Bonchev–Trinajstić information content (AvgIpc) is 3.33. The zero-order chi connectivity index (χ0) is 22.8. The van der Waals surface area contributed by atoms with E-state index in [1.165, 1.54) is 13.3 Å². The summed E-state index contributed by atoms with van der Waals surface area (Å²) in [4.78, 5) is 23.8. The molecule has 0 spiro atoms. The van der Waals surface area contributed by atoms with Gasteiger partial charge in [-0.25, -0.2) is 10.2 Å².